The van der Waals surface area contributed by atoms with E-state index in [4.69, 9.17) is 9.47 Å². The van der Waals surface area contributed by atoms with Crippen LogP contribution in [0.5, 0.6) is 5.75 Å². The van der Waals surface area contributed by atoms with E-state index in [1.807, 2.05) is 24.3 Å². The number of hydrogen-bond donors (Lipinski definition) is 0. The van der Waals surface area contributed by atoms with E-state index in [9.17, 15) is 9.18 Å². The van der Waals surface area contributed by atoms with Gasteiger partial charge in [-0.1, -0.05) is 24.3 Å². The highest BCUT2D eigenvalue weighted by Crippen LogP contribution is 2.13. The molecule has 4 heteroatoms. The Morgan fingerprint density at radius 1 is 1.14 bits per heavy atom. The number of hydrogen-bond acceptors (Lipinski definition) is 3. The lowest BCUT2D eigenvalue weighted by Crippen LogP contribution is -2.11. The van der Waals surface area contributed by atoms with Crippen LogP contribution in [-0.2, 0) is 11.2 Å². The SMILES string of the molecule is COCCc1ccc(OCC(=O)c2cccc(F)c2)cc1. The lowest BCUT2D eigenvalue weighted by atomic mass is 10.1. The van der Waals surface area contributed by atoms with Crippen molar-refractivity contribution < 1.29 is 18.7 Å². The van der Waals surface area contributed by atoms with Gasteiger partial charge in [0, 0.05) is 12.7 Å². The maximum absolute atomic E-state index is 13.0. The predicted molar refractivity (Wildman–Crippen MR) is 78.2 cm³/mol. The van der Waals surface area contributed by atoms with Gasteiger partial charge in [-0.3, -0.25) is 4.79 Å². The Bertz CT molecular complexity index is 593. The average Bonchev–Trinajstić information content (AvgIpc) is 2.51. The molecule has 0 atom stereocenters. The van der Waals surface area contributed by atoms with Gasteiger partial charge >= 0.3 is 0 Å². The van der Waals surface area contributed by atoms with Crippen molar-refractivity contribution in [1.29, 1.82) is 0 Å². The summed E-state index contributed by atoms with van der Waals surface area (Å²) >= 11 is 0. The molecule has 2 rings (SSSR count). The third-order valence-corrected chi connectivity index (χ3v) is 3.03. The van der Waals surface area contributed by atoms with Crippen molar-refractivity contribution in [3.8, 4) is 5.75 Å². The van der Waals surface area contributed by atoms with Gasteiger partial charge in [-0.25, -0.2) is 4.39 Å². The zero-order valence-electron chi connectivity index (χ0n) is 11.8. The van der Waals surface area contributed by atoms with Crippen LogP contribution in [0.15, 0.2) is 48.5 Å². The predicted octanol–water partition coefficient (Wildman–Crippen LogP) is 3.28. The molecule has 0 heterocycles. The van der Waals surface area contributed by atoms with E-state index >= 15 is 0 Å². The maximum atomic E-state index is 13.0. The fourth-order valence-corrected chi connectivity index (χ4v) is 1.87. The summed E-state index contributed by atoms with van der Waals surface area (Å²) in [5, 5.41) is 0. The van der Waals surface area contributed by atoms with Crippen molar-refractivity contribution >= 4 is 5.78 Å². The normalized spacial score (nSPS) is 10.4. The molecular weight excluding hydrogens is 271 g/mol. The first-order valence-electron chi connectivity index (χ1n) is 6.68. The van der Waals surface area contributed by atoms with Crippen LogP contribution in [0.3, 0.4) is 0 Å². The molecule has 0 aromatic heterocycles. The Kier molecular flexibility index (Phi) is 5.46. The third-order valence-electron chi connectivity index (χ3n) is 3.03. The third kappa shape index (κ3) is 4.68. The van der Waals surface area contributed by atoms with Crippen LogP contribution in [0, 0.1) is 5.82 Å². The number of carbonyl (C=O) groups is 1. The monoisotopic (exact) mass is 288 g/mol. The first-order valence-corrected chi connectivity index (χ1v) is 6.68. The van der Waals surface area contributed by atoms with Crippen LogP contribution >= 0.6 is 0 Å². The van der Waals surface area contributed by atoms with Crippen molar-refractivity contribution in [3.05, 3.63) is 65.5 Å². The minimum absolute atomic E-state index is 0.110. The Balaban J connectivity index is 1.89. The summed E-state index contributed by atoms with van der Waals surface area (Å²) in [6, 6.07) is 13.1. The molecule has 2 aromatic carbocycles. The standard InChI is InChI=1S/C17H17FO3/c1-20-10-9-13-5-7-16(8-6-13)21-12-17(19)14-3-2-4-15(18)11-14/h2-8,11H,9-10,12H2,1H3. The number of methoxy groups -OCH3 is 1. The molecule has 21 heavy (non-hydrogen) atoms. The largest absolute Gasteiger partial charge is 0.485 e. The Morgan fingerprint density at radius 2 is 1.90 bits per heavy atom. The summed E-state index contributed by atoms with van der Waals surface area (Å²) < 4.78 is 23.5. The van der Waals surface area contributed by atoms with Crippen molar-refractivity contribution in [2.75, 3.05) is 20.3 Å². The number of Topliss-reactive ketones (excluding diaryl/α,β-unsaturated/α-hetero) is 1. The second-order valence-corrected chi connectivity index (χ2v) is 4.61. The molecular formula is C17H17FO3. The van der Waals surface area contributed by atoms with E-state index in [-0.39, 0.29) is 12.4 Å². The Hall–Kier alpha value is -2.20. The van der Waals surface area contributed by atoms with Crippen LogP contribution in [0.2, 0.25) is 0 Å². The fraction of sp³-hybridized carbons (Fsp3) is 0.235. The van der Waals surface area contributed by atoms with Crippen LogP contribution in [0.1, 0.15) is 15.9 Å². The molecule has 0 N–H and O–H groups in total. The first kappa shape index (κ1) is 15.2. The highest BCUT2D eigenvalue weighted by molar-refractivity contribution is 5.97. The van der Waals surface area contributed by atoms with Crippen LogP contribution < -0.4 is 4.74 Å². The quantitative estimate of drug-likeness (QED) is 0.733. The number of ether oxygens (including phenoxy) is 2. The molecule has 3 nitrogen and oxygen atoms in total. The molecule has 0 spiro atoms. The van der Waals surface area contributed by atoms with Gasteiger partial charge in [-0.15, -0.1) is 0 Å². The molecule has 0 amide bonds. The zero-order valence-corrected chi connectivity index (χ0v) is 11.8. The fourth-order valence-electron chi connectivity index (χ4n) is 1.87. The highest BCUT2D eigenvalue weighted by atomic mass is 19.1. The lowest BCUT2D eigenvalue weighted by Gasteiger charge is -2.07. The van der Waals surface area contributed by atoms with Crippen LogP contribution in [0.4, 0.5) is 4.39 Å². The second kappa shape index (κ2) is 7.55. The molecule has 0 aliphatic rings. The van der Waals surface area contributed by atoms with E-state index in [2.05, 4.69) is 0 Å². The summed E-state index contributed by atoms with van der Waals surface area (Å²) in [4.78, 5) is 11.9. The van der Waals surface area contributed by atoms with Crippen molar-refractivity contribution in [1.82, 2.24) is 0 Å². The smallest absolute Gasteiger partial charge is 0.200 e. The van der Waals surface area contributed by atoms with Gasteiger partial charge in [0.25, 0.3) is 0 Å². The van der Waals surface area contributed by atoms with E-state index < -0.39 is 5.82 Å². The van der Waals surface area contributed by atoms with Crippen molar-refractivity contribution in [2.45, 2.75) is 6.42 Å². The van der Waals surface area contributed by atoms with Gasteiger partial charge in [0.1, 0.15) is 11.6 Å². The maximum Gasteiger partial charge on any atom is 0.200 e. The van der Waals surface area contributed by atoms with Crippen molar-refractivity contribution in [2.24, 2.45) is 0 Å². The van der Waals surface area contributed by atoms with Gasteiger partial charge in [0.05, 0.1) is 6.61 Å². The lowest BCUT2D eigenvalue weighted by molar-refractivity contribution is 0.0921. The number of rotatable bonds is 7. The van der Waals surface area contributed by atoms with Crippen molar-refractivity contribution in [3.63, 3.8) is 0 Å². The summed E-state index contributed by atoms with van der Waals surface area (Å²) in [5.74, 6) is -0.0674. The summed E-state index contributed by atoms with van der Waals surface area (Å²) in [5.41, 5.74) is 1.45. The number of ketones is 1. The molecule has 0 saturated heterocycles. The summed E-state index contributed by atoms with van der Waals surface area (Å²) in [6.07, 6.45) is 0.832. The van der Waals surface area contributed by atoms with Gasteiger partial charge in [0.15, 0.2) is 12.4 Å². The highest BCUT2D eigenvalue weighted by Gasteiger charge is 2.07. The molecule has 0 aliphatic heterocycles. The second-order valence-electron chi connectivity index (χ2n) is 4.61. The van der Waals surface area contributed by atoms with E-state index in [0.29, 0.717) is 17.9 Å². The molecule has 0 bridgehead atoms. The minimum atomic E-state index is -0.427. The number of carbonyl (C=O) groups excluding carboxylic acids is 1. The Labute approximate surface area is 123 Å². The van der Waals surface area contributed by atoms with Gasteiger partial charge < -0.3 is 9.47 Å². The van der Waals surface area contributed by atoms with Gasteiger partial charge in [-0.05, 0) is 36.2 Å². The molecule has 110 valence electrons. The first-order chi connectivity index (χ1) is 10.2. The van der Waals surface area contributed by atoms with E-state index in [0.717, 1.165) is 12.0 Å². The molecule has 0 aliphatic carbocycles. The Morgan fingerprint density at radius 3 is 2.57 bits per heavy atom. The minimum Gasteiger partial charge on any atom is -0.485 e. The van der Waals surface area contributed by atoms with Crippen LogP contribution in [-0.4, -0.2) is 26.1 Å². The summed E-state index contributed by atoms with van der Waals surface area (Å²) in [7, 11) is 1.66. The summed E-state index contributed by atoms with van der Waals surface area (Å²) in [6.45, 7) is 0.555. The molecule has 0 saturated carbocycles. The molecule has 2 aromatic rings. The topological polar surface area (TPSA) is 35.5 Å². The van der Waals surface area contributed by atoms with Gasteiger partial charge in [0.2, 0.25) is 0 Å². The number of halogens is 1. The zero-order chi connectivity index (χ0) is 15.1. The average molecular weight is 288 g/mol. The van der Waals surface area contributed by atoms with E-state index in [1.165, 1.54) is 18.2 Å². The van der Waals surface area contributed by atoms with Gasteiger partial charge in [-0.2, -0.15) is 0 Å². The molecule has 0 unspecified atom stereocenters. The van der Waals surface area contributed by atoms with Crippen LogP contribution in [0.25, 0.3) is 0 Å². The molecule has 0 radical (unpaired) electrons. The number of benzene rings is 2. The van der Waals surface area contributed by atoms with E-state index in [1.54, 1.807) is 13.2 Å². The molecule has 0 fully saturated rings.